The second-order valence-electron chi connectivity index (χ2n) is 4.68. The smallest absolute Gasteiger partial charge is 0.330 e. The molecule has 1 fully saturated rings. The quantitative estimate of drug-likeness (QED) is 0.591. The Kier molecular flexibility index (Phi) is 5.53. The summed E-state index contributed by atoms with van der Waals surface area (Å²) in [5.41, 5.74) is 0.893. The van der Waals surface area contributed by atoms with Gasteiger partial charge < -0.3 is 9.84 Å². The molecule has 3 heteroatoms. The maximum absolute atomic E-state index is 11.0. The van der Waals surface area contributed by atoms with Crippen LogP contribution >= 0.6 is 0 Å². The Labute approximate surface area is 97.5 Å². The van der Waals surface area contributed by atoms with Crippen molar-refractivity contribution in [1.29, 1.82) is 0 Å². The second kappa shape index (κ2) is 6.69. The van der Waals surface area contributed by atoms with E-state index >= 15 is 0 Å². The minimum absolute atomic E-state index is 0.304. The highest BCUT2D eigenvalue weighted by Crippen LogP contribution is 2.28. The Morgan fingerprint density at radius 1 is 1.44 bits per heavy atom. The number of rotatable bonds is 4. The predicted molar refractivity (Wildman–Crippen MR) is 63.0 cm³/mol. The first kappa shape index (κ1) is 13.2. The highest BCUT2D eigenvalue weighted by molar-refractivity contribution is 5.82. The third-order valence-electron chi connectivity index (χ3n) is 3.29. The summed E-state index contributed by atoms with van der Waals surface area (Å²) < 4.78 is 4.55. The standard InChI is InChI=1S/C13H22O3/c1-10(9-13(15)16-2)8-12(14)11-6-4-3-5-7-11/h9,11-12,14H,3-8H2,1-2H3/b10-9+. The monoisotopic (exact) mass is 226 g/mol. The van der Waals surface area contributed by atoms with Crippen LogP contribution in [0.25, 0.3) is 0 Å². The van der Waals surface area contributed by atoms with Gasteiger partial charge in [0.15, 0.2) is 0 Å². The molecule has 0 aromatic carbocycles. The Hall–Kier alpha value is -0.830. The van der Waals surface area contributed by atoms with Gasteiger partial charge in [0.05, 0.1) is 13.2 Å². The predicted octanol–water partition coefficient (Wildman–Crippen LogP) is 2.44. The molecule has 0 aromatic rings. The molecular formula is C13H22O3. The lowest BCUT2D eigenvalue weighted by Crippen LogP contribution is -2.23. The molecule has 1 aliphatic rings. The number of carbonyl (C=O) groups excluding carboxylic acids is 1. The van der Waals surface area contributed by atoms with Gasteiger partial charge in [0.2, 0.25) is 0 Å². The molecule has 0 bridgehead atoms. The van der Waals surface area contributed by atoms with Crippen LogP contribution in [0.15, 0.2) is 11.6 Å². The first-order valence-corrected chi connectivity index (χ1v) is 6.06. The van der Waals surface area contributed by atoms with Crippen molar-refractivity contribution in [3.05, 3.63) is 11.6 Å². The van der Waals surface area contributed by atoms with E-state index in [4.69, 9.17) is 0 Å². The summed E-state index contributed by atoms with van der Waals surface area (Å²) in [5.74, 6) is 0.0723. The van der Waals surface area contributed by atoms with Crippen LogP contribution in [-0.4, -0.2) is 24.3 Å². The molecule has 0 spiro atoms. The fourth-order valence-electron chi connectivity index (χ4n) is 2.33. The summed E-state index contributed by atoms with van der Waals surface area (Å²) in [4.78, 5) is 11.0. The molecule has 0 saturated heterocycles. The third-order valence-corrected chi connectivity index (χ3v) is 3.29. The van der Waals surface area contributed by atoms with Gasteiger partial charge in [-0.25, -0.2) is 4.79 Å². The van der Waals surface area contributed by atoms with Crippen molar-refractivity contribution >= 4 is 5.97 Å². The fraction of sp³-hybridized carbons (Fsp3) is 0.769. The molecule has 0 radical (unpaired) electrons. The number of aliphatic hydroxyl groups excluding tert-OH is 1. The van der Waals surface area contributed by atoms with E-state index in [-0.39, 0.29) is 12.1 Å². The number of hydrogen-bond acceptors (Lipinski definition) is 3. The summed E-state index contributed by atoms with van der Waals surface area (Å²) in [7, 11) is 1.36. The summed E-state index contributed by atoms with van der Waals surface area (Å²) in [6, 6.07) is 0. The molecule has 16 heavy (non-hydrogen) atoms. The highest BCUT2D eigenvalue weighted by atomic mass is 16.5. The van der Waals surface area contributed by atoms with Crippen LogP contribution in [0.3, 0.4) is 0 Å². The summed E-state index contributed by atoms with van der Waals surface area (Å²) >= 11 is 0. The van der Waals surface area contributed by atoms with E-state index in [1.54, 1.807) is 0 Å². The topological polar surface area (TPSA) is 46.5 Å². The largest absolute Gasteiger partial charge is 0.466 e. The molecule has 0 aromatic heterocycles. The van der Waals surface area contributed by atoms with Gasteiger partial charge >= 0.3 is 5.97 Å². The summed E-state index contributed by atoms with van der Waals surface area (Å²) in [6.07, 6.45) is 7.72. The van der Waals surface area contributed by atoms with Crippen molar-refractivity contribution in [1.82, 2.24) is 0 Å². The van der Waals surface area contributed by atoms with Gasteiger partial charge in [-0.1, -0.05) is 24.8 Å². The maximum Gasteiger partial charge on any atom is 0.330 e. The summed E-state index contributed by atoms with van der Waals surface area (Å²) in [5, 5.41) is 10.0. The molecule has 0 amide bonds. The number of hydrogen-bond donors (Lipinski definition) is 1. The average molecular weight is 226 g/mol. The lowest BCUT2D eigenvalue weighted by Gasteiger charge is -2.26. The van der Waals surface area contributed by atoms with Gasteiger partial charge in [0.25, 0.3) is 0 Å². The molecule has 1 N–H and O–H groups in total. The van der Waals surface area contributed by atoms with Gasteiger partial charge in [-0.2, -0.15) is 0 Å². The number of esters is 1. The van der Waals surface area contributed by atoms with Crippen LogP contribution in [0, 0.1) is 5.92 Å². The van der Waals surface area contributed by atoms with E-state index in [0.29, 0.717) is 12.3 Å². The number of ether oxygens (including phenoxy) is 1. The fourth-order valence-corrected chi connectivity index (χ4v) is 2.33. The number of methoxy groups -OCH3 is 1. The van der Waals surface area contributed by atoms with Crippen LogP contribution in [0.2, 0.25) is 0 Å². The minimum Gasteiger partial charge on any atom is -0.466 e. The SMILES string of the molecule is COC(=O)/C=C(\C)CC(O)C1CCCCC1. The Morgan fingerprint density at radius 3 is 2.62 bits per heavy atom. The van der Waals surface area contributed by atoms with Gasteiger partial charge in [-0.15, -0.1) is 0 Å². The zero-order chi connectivity index (χ0) is 12.0. The van der Waals surface area contributed by atoms with Crippen LogP contribution in [-0.2, 0) is 9.53 Å². The van der Waals surface area contributed by atoms with Crippen molar-refractivity contribution in [3.63, 3.8) is 0 Å². The zero-order valence-electron chi connectivity index (χ0n) is 10.2. The lowest BCUT2D eigenvalue weighted by molar-refractivity contribution is -0.134. The van der Waals surface area contributed by atoms with E-state index in [2.05, 4.69) is 4.74 Å². The molecule has 1 saturated carbocycles. The molecule has 3 nitrogen and oxygen atoms in total. The zero-order valence-corrected chi connectivity index (χ0v) is 10.2. The lowest BCUT2D eigenvalue weighted by atomic mass is 9.83. The van der Waals surface area contributed by atoms with Crippen molar-refractivity contribution < 1.29 is 14.6 Å². The summed E-state index contributed by atoms with van der Waals surface area (Å²) in [6.45, 7) is 1.86. The van der Waals surface area contributed by atoms with Crippen LogP contribution < -0.4 is 0 Å². The van der Waals surface area contributed by atoms with Gasteiger partial charge in [-0.3, -0.25) is 0 Å². The Morgan fingerprint density at radius 2 is 2.06 bits per heavy atom. The first-order chi connectivity index (χ1) is 7.63. The molecule has 1 unspecified atom stereocenters. The van der Waals surface area contributed by atoms with Crippen LogP contribution in [0.5, 0.6) is 0 Å². The van der Waals surface area contributed by atoms with Crippen LogP contribution in [0.1, 0.15) is 45.4 Å². The van der Waals surface area contributed by atoms with E-state index in [9.17, 15) is 9.90 Å². The maximum atomic E-state index is 11.0. The van der Waals surface area contributed by atoms with E-state index in [0.717, 1.165) is 18.4 Å². The normalized spacial score (nSPS) is 20.6. The van der Waals surface area contributed by atoms with E-state index in [1.165, 1.54) is 32.4 Å². The molecule has 92 valence electrons. The molecule has 1 atom stereocenters. The first-order valence-electron chi connectivity index (χ1n) is 6.06. The third kappa shape index (κ3) is 4.35. The number of aliphatic hydroxyl groups is 1. The van der Waals surface area contributed by atoms with E-state index in [1.807, 2.05) is 6.92 Å². The molecular weight excluding hydrogens is 204 g/mol. The average Bonchev–Trinajstić information content (AvgIpc) is 2.29. The van der Waals surface area contributed by atoms with Gasteiger partial charge in [0, 0.05) is 6.08 Å². The van der Waals surface area contributed by atoms with Crippen molar-refractivity contribution in [2.45, 2.75) is 51.6 Å². The van der Waals surface area contributed by atoms with Gasteiger partial charge in [-0.05, 0) is 32.1 Å². The molecule has 1 aliphatic carbocycles. The second-order valence-corrected chi connectivity index (χ2v) is 4.68. The Bertz CT molecular complexity index is 252. The minimum atomic E-state index is -0.339. The van der Waals surface area contributed by atoms with Crippen molar-refractivity contribution in [2.75, 3.05) is 7.11 Å². The number of carbonyl (C=O) groups is 1. The van der Waals surface area contributed by atoms with Crippen molar-refractivity contribution in [3.8, 4) is 0 Å². The van der Waals surface area contributed by atoms with E-state index < -0.39 is 0 Å². The molecule has 0 aliphatic heterocycles. The van der Waals surface area contributed by atoms with Crippen molar-refractivity contribution in [2.24, 2.45) is 5.92 Å². The Balaban J connectivity index is 2.40. The van der Waals surface area contributed by atoms with Gasteiger partial charge in [0.1, 0.15) is 0 Å². The highest BCUT2D eigenvalue weighted by Gasteiger charge is 2.21. The molecule has 1 rings (SSSR count). The van der Waals surface area contributed by atoms with Crippen LogP contribution in [0.4, 0.5) is 0 Å². The molecule has 0 heterocycles.